The Morgan fingerprint density at radius 3 is 1.48 bits per heavy atom. The van der Waals surface area contributed by atoms with E-state index in [0.717, 1.165) is 56.1 Å². The number of aliphatic imine (C=N–C) groups is 1. The first-order valence-electron chi connectivity index (χ1n) is 21.5. The van der Waals surface area contributed by atoms with E-state index in [4.69, 9.17) is 55.0 Å². The van der Waals surface area contributed by atoms with Crippen molar-refractivity contribution in [2.45, 2.75) is 146 Å². The van der Waals surface area contributed by atoms with Crippen molar-refractivity contribution in [2.75, 3.05) is 39.4 Å². The number of ketones is 1. The van der Waals surface area contributed by atoms with Crippen LogP contribution in [-0.2, 0) is 31.4 Å². The molecule has 0 spiro atoms. The van der Waals surface area contributed by atoms with E-state index >= 15 is 0 Å². The maximum absolute atomic E-state index is 12.6. The minimum atomic E-state index is -0.702. The van der Waals surface area contributed by atoms with Crippen LogP contribution in [0.15, 0.2) is 17.1 Å². The number of nitrogens with one attached hydrogen (secondary N) is 4. The molecule has 1 aromatic carbocycles. The van der Waals surface area contributed by atoms with Gasteiger partial charge in [-0.25, -0.2) is 0 Å². The van der Waals surface area contributed by atoms with Gasteiger partial charge in [0.2, 0.25) is 17.7 Å². The van der Waals surface area contributed by atoms with Gasteiger partial charge in [0.1, 0.15) is 19.0 Å². The summed E-state index contributed by atoms with van der Waals surface area (Å²) in [6, 6.07) is 1.33. The van der Waals surface area contributed by atoms with Gasteiger partial charge in [0.25, 0.3) is 0 Å². The molecule has 374 valence electrons. The molecule has 0 heterocycles. The number of guanidine groups is 1. The van der Waals surface area contributed by atoms with E-state index < -0.39 is 24.2 Å². The number of thiol groups is 1. The van der Waals surface area contributed by atoms with E-state index in [1.54, 1.807) is 0 Å². The summed E-state index contributed by atoms with van der Waals surface area (Å²) in [7, 11) is 0. The molecule has 23 heteroatoms. The molecule has 0 saturated heterocycles. The molecule has 0 saturated carbocycles. The van der Waals surface area contributed by atoms with Crippen LogP contribution in [0, 0.1) is 5.41 Å². The van der Waals surface area contributed by atoms with Crippen LogP contribution in [0.4, 0.5) is 0 Å². The van der Waals surface area contributed by atoms with Gasteiger partial charge in [-0.1, -0.05) is 32.6 Å². The number of benzene rings is 1. The molecule has 64 heavy (non-hydrogen) atoms. The van der Waals surface area contributed by atoms with Crippen molar-refractivity contribution >= 4 is 102 Å². The Bertz CT molecular complexity index is 1480. The number of Topliss-reactive ketones (excluding diaryl/α,β-unsaturated/α-hetero) is 1. The summed E-state index contributed by atoms with van der Waals surface area (Å²) < 4.78 is 12.1. The zero-order valence-electron chi connectivity index (χ0n) is 37.8. The number of unbranched alkanes of at least 4 members (excludes halogenated alkanes) is 6. The second-order valence-electron chi connectivity index (χ2n) is 15.1. The lowest BCUT2D eigenvalue weighted by Crippen LogP contribution is -2.42. The van der Waals surface area contributed by atoms with Crippen LogP contribution in [0.3, 0.4) is 0 Å². The van der Waals surface area contributed by atoms with E-state index in [1.807, 2.05) is 19.1 Å². The van der Waals surface area contributed by atoms with E-state index in [-0.39, 0.29) is 116 Å². The van der Waals surface area contributed by atoms with Gasteiger partial charge in [-0.05, 0) is 93.9 Å². The van der Waals surface area contributed by atoms with Gasteiger partial charge >= 0.3 is 0 Å². The van der Waals surface area contributed by atoms with Crippen LogP contribution in [0.5, 0.6) is 11.5 Å². The van der Waals surface area contributed by atoms with Gasteiger partial charge in [-0.3, -0.25) is 29.6 Å². The van der Waals surface area contributed by atoms with Crippen molar-refractivity contribution in [3.05, 3.63) is 23.3 Å². The number of amides is 3. The minimum Gasteiger partial charge on any atom is -0.488 e. The van der Waals surface area contributed by atoms with Crippen LogP contribution >= 0.6 is 66.6 Å². The van der Waals surface area contributed by atoms with Gasteiger partial charge in [0.15, 0.2) is 17.5 Å². The van der Waals surface area contributed by atoms with Crippen LogP contribution in [0.1, 0.15) is 121 Å². The number of hydrogen-bond acceptors (Lipinski definition) is 13. The summed E-state index contributed by atoms with van der Waals surface area (Å²) in [5.41, 5.74) is 42.3. The molecule has 0 aliphatic rings. The highest BCUT2D eigenvalue weighted by Gasteiger charge is 2.18. The van der Waals surface area contributed by atoms with Crippen LogP contribution in [0.25, 0.3) is 0 Å². The quantitative estimate of drug-likeness (QED) is 0.0197. The second kappa shape index (κ2) is 41.6. The Morgan fingerprint density at radius 1 is 0.609 bits per heavy atom. The van der Waals surface area contributed by atoms with E-state index in [2.05, 4.69) is 33.6 Å². The maximum atomic E-state index is 12.6. The summed E-state index contributed by atoms with van der Waals surface area (Å²) in [6.07, 6.45) is 11.3. The molecule has 18 N–H and O–H groups in total. The molecule has 0 radical (unpaired) electrons. The molecule has 0 aliphatic carbocycles. The fourth-order valence-electron chi connectivity index (χ4n) is 6.23. The summed E-state index contributed by atoms with van der Waals surface area (Å²) in [5, 5.41) is 15.7. The predicted molar refractivity (Wildman–Crippen MR) is 283 cm³/mol. The molecule has 18 nitrogen and oxygen atoms in total. The number of carbonyl (C=O) groups excluding carboxylic acids is 4. The summed E-state index contributed by atoms with van der Waals surface area (Å²) in [5.74, 6) is 0.991. The van der Waals surface area contributed by atoms with E-state index in [9.17, 15) is 19.2 Å². The fourth-order valence-corrected chi connectivity index (χ4v) is 6.53. The number of carbonyl (C=O) groups is 4. The summed E-state index contributed by atoms with van der Waals surface area (Å²) in [6.45, 7) is 3.81. The zero-order chi connectivity index (χ0) is 44.7. The first-order valence-corrected chi connectivity index (χ1v) is 22.1. The van der Waals surface area contributed by atoms with Gasteiger partial charge in [0, 0.05) is 31.7 Å². The first-order chi connectivity index (χ1) is 28.7. The Balaban J connectivity index is -0.00000450. The molecule has 4 atom stereocenters. The van der Waals surface area contributed by atoms with Gasteiger partial charge < -0.3 is 65.6 Å². The smallest absolute Gasteiger partial charge is 0.237 e. The lowest BCUT2D eigenvalue weighted by molar-refractivity contribution is -0.123. The maximum Gasteiger partial charge on any atom is 0.237 e. The van der Waals surface area contributed by atoms with Crippen LogP contribution in [0.2, 0.25) is 0 Å². The highest BCUT2D eigenvalue weighted by Crippen LogP contribution is 2.32. The molecular weight excluding hydrogens is 917 g/mol. The van der Waals surface area contributed by atoms with Gasteiger partial charge in [-0.2, -0.15) is 66.6 Å². The highest BCUT2D eigenvalue weighted by molar-refractivity contribution is 7.79. The Kier molecular flexibility index (Phi) is 44.1. The topological polar surface area (TPSA) is 341 Å². The molecule has 3 amide bonds. The molecule has 0 bridgehead atoms. The summed E-state index contributed by atoms with van der Waals surface area (Å²) in [4.78, 5) is 53.8. The number of hydrogen-bond donors (Lipinski definition) is 12. The number of rotatable bonds is 36. The molecule has 1 rings (SSSR count). The molecule has 0 unspecified atom stereocenters. The molecule has 0 aromatic heterocycles. The molecular formula is C41H84N12O6S5. The average molecular weight is 1000 g/mol. The van der Waals surface area contributed by atoms with Crippen molar-refractivity contribution in [3.63, 3.8) is 0 Å². The third-order valence-corrected chi connectivity index (χ3v) is 10.3. The largest absolute Gasteiger partial charge is 0.488 e. The Morgan fingerprint density at radius 2 is 1.03 bits per heavy atom. The number of amidine groups is 1. The second-order valence-corrected chi connectivity index (χ2v) is 15.4. The molecule has 0 aliphatic heterocycles. The average Bonchev–Trinajstić information content (AvgIpc) is 3.22. The van der Waals surface area contributed by atoms with E-state index in [1.165, 1.54) is 0 Å². The normalized spacial score (nSPS) is 12.2. The monoisotopic (exact) mass is 1000 g/mol. The van der Waals surface area contributed by atoms with Crippen molar-refractivity contribution in [2.24, 2.45) is 45.1 Å². The van der Waals surface area contributed by atoms with Crippen molar-refractivity contribution in [1.29, 1.82) is 5.41 Å². The fraction of sp³-hybridized carbons (Fsp3) is 0.707. The number of ether oxygens (including phenoxy) is 2. The number of nitrogens with zero attached hydrogens (tertiary/aromatic N) is 1. The van der Waals surface area contributed by atoms with Crippen molar-refractivity contribution < 1.29 is 28.7 Å². The first kappa shape index (κ1) is 67.8. The third kappa shape index (κ3) is 32.0. The lowest BCUT2D eigenvalue weighted by atomic mass is 10.0. The standard InChI is InChI=1S/C41H76N12O6S.4H2S/c1-2-28-25-35(58-23-21-52-40(57)33(45)16-10-11-19-50-38(55)31(43)15-6-4-8-18-37(46)47)36(26-29(28)27-60)59-24-22-51-39(56)32(44)14-5-3-7-17-34(54)30(42)13-9-12-20-53-41(48)49;;;;/h25-26,30-33,60H,2-24,27,42-45H2,1H3,(H3,46,47)(H,50,55)(H,51,56)(H,52,57)(H4,48,49,53);4*1H2/t30-,31-,32-,33-;;;;/m0..../s1. The van der Waals surface area contributed by atoms with Crippen LogP contribution < -0.4 is 65.6 Å². The SMILES string of the molecule is CCc1cc(OCCNC(=O)[C@@H](N)CCCCNC(=O)[C@@H](N)CCCCCC(=N)N)c(OCCNC(=O)[C@@H](N)CCCCCC(=O)[C@@H](N)CCCCN=C(N)N)cc1CS.S.S.S.S. The highest BCUT2D eigenvalue weighted by atomic mass is 32.1. The Hall–Kier alpha value is -2.77. The van der Waals surface area contributed by atoms with Crippen molar-refractivity contribution in [1.82, 2.24) is 16.0 Å². The predicted octanol–water partition coefficient (Wildman–Crippen LogP) is 1.57. The molecule has 1 aromatic rings. The van der Waals surface area contributed by atoms with Gasteiger partial charge in [0.05, 0.1) is 43.1 Å². The summed E-state index contributed by atoms with van der Waals surface area (Å²) >= 11 is 4.47. The minimum absolute atomic E-state index is 0. The number of aryl methyl sites for hydroxylation is 1. The lowest BCUT2D eigenvalue weighted by Gasteiger charge is -2.18. The van der Waals surface area contributed by atoms with Crippen molar-refractivity contribution in [3.8, 4) is 11.5 Å². The Labute approximate surface area is 415 Å². The number of nitrogens with two attached hydrogens (primary N) is 7. The zero-order valence-corrected chi connectivity index (χ0v) is 42.7. The third-order valence-electron chi connectivity index (χ3n) is 9.92. The van der Waals surface area contributed by atoms with Gasteiger partial charge in [-0.15, -0.1) is 0 Å². The molecule has 0 fully saturated rings. The van der Waals surface area contributed by atoms with Crippen LogP contribution in [-0.4, -0.2) is 98.9 Å². The van der Waals surface area contributed by atoms with E-state index in [0.29, 0.717) is 94.5 Å².